The van der Waals surface area contributed by atoms with Crippen LogP contribution in [-0.4, -0.2) is 54.0 Å². The van der Waals surface area contributed by atoms with Gasteiger partial charge in [-0.15, -0.1) is 0 Å². The lowest BCUT2D eigenvalue weighted by Crippen LogP contribution is -2.25. The summed E-state index contributed by atoms with van der Waals surface area (Å²) >= 11 is 0. The Labute approximate surface area is 187 Å². The zero-order chi connectivity index (χ0) is 23.9. The van der Waals surface area contributed by atoms with Crippen molar-refractivity contribution in [3.05, 3.63) is 46.9 Å². The molecule has 9 nitrogen and oxygen atoms in total. The van der Waals surface area contributed by atoms with Crippen LogP contribution in [0.4, 0.5) is 5.69 Å². The molecule has 1 atom stereocenters. The number of hydrogen-bond acceptors (Lipinski definition) is 8. The van der Waals surface area contributed by atoms with E-state index in [0.717, 1.165) is 5.41 Å². The Kier molecular flexibility index (Phi) is 8.36. The Morgan fingerprint density at radius 1 is 1.00 bits per heavy atom. The standard InChI is InChI=1S/C22H27NO8S/c1-14(22(24)25)23-18-10-15(6-7-19(18)29-3)13-32(26,27)9-8-17-20(30-4)11-16(28-2)12-21(17)31-5/h6-12,14,23H,13H2,1-5H3,(H,24,25)/t14-/m0/s1. The second-order valence-corrected chi connectivity index (χ2v) is 8.68. The fraction of sp³-hybridized carbons (Fsp3) is 0.318. The monoisotopic (exact) mass is 465 g/mol. The highest BCUT2D eigenvalue weighted by molar-refractivity contribution is 7.93. The summed E-state index contributed by atoms with van der Waals surface area (Å²) in [7, 11) is 2.19. The molecule has 174 valence electrons. The fourth-order valence-corrected chi connectivity index (χ4v) is 3.99. The number of nitrogens with one attached hydrogen (secondary N) is 1. The maximum Gasteiger partial charge on any atom is 0.325 e. The summed E-state index contributed by atoms with van der Waals surface area (Å²) < 4.78 is 46.6. The number of carbonyl (C=O) groups is 1. The quantitative estimate of drug-likeness (QED) is 0.515. The van der Waals surface area contributed by atoms with Crippen molar-refractivity contribution in [1.29, 1.82) is 0 Å². The first-order valence-electron chi connectivity index (χ1n) is 9.51. The molecule has 2 rings (SSSR count). The number of aliphatic carboxylic acids is 1. The average Bonchev–Trinajstić information content (AvgIpc) is 2.76. The molecule has 0 bridgehead atoms. The van der Waals surface area contributed by atoms with Gasteiger partial charge in [0.2, 0.25) is 0 Å². The molecule has 0 heterocycles. The summed E-state index contributed by atoms with van der Waals surface area (Å²) in [6, 6.07) is 7.11. The molecule has 2 aromatic carbocycles. The van der Waals surface area contributed by atoms with Gasteiger partial charge in [-0.2, -0.15) is 0 Å². The van der Waals surface area contributed by atoms with Crippen LogP contribution in [0.5, 0.6) is 23.0 Å². The van der Waals surface area contributed by atoms with Crippen LogP contribution in [0, 0.1) is 0 Å². The van der Waals surface area contributed by atoms with Crippen LogP contribution in [0.2, 0.25) is 0 Å². The Bertz CT molecular complexity index is 1070. The minimum atomic E-state index is -3.69. The molecule has 0 saturated heterocycles. The molecule has 0 unspecified atom stereocenters. The highest BCUT2D eigenvalue weighted by atomic mass is 32.2. The number of hydrogen-bond donors (Lipinski definition) is 2. The molecule has 0 saturated carbocycles. The van der Waals surface area contributed by atoms with Gasteiger partial charge in [0, 0.05) is 17.5 Å². The lowest BCUT2D eigenvalue weighted by molar-refractivity contribution is -0.137. The van der Waals surface area contributed by atoms with Gasteiger partial charge in [-0.25, -0.2) is 8.42 Å². The van der Waals surface area contributed by atoms with E-state index in [2.05, 4.69) is 5.32 Å². The number of rotatable bonds is 11. The number of carboxylic acid groups (broad SMARTS) is 1. The zero-order valence-electron chi connectivity index (χ0n) is 18.5. The molecule has 2 N–H and O–H groups in total. The second kappa shape index (κ2) is 10.8. The van der Waals surface area contributed by atoms with Crippen molar-refractivity contribution in [1.82, 2.24) is 0 Å². The number of benzene rings is 2. The normalized spacial score (nSPS) is 12.3. The van der Waals surface area contributed by atoms with Crippen LogP contribution in [-0.2, 0) is 20.4 Å². The number of sulfone groups is 1. The van der Waals surface area contributed by atoms with Crippen LogP contribution in [0.1, 0.15) is 18.1 Å². The molecule has 0 spiro atoms. The SMILES string of the molecule is COc1cc(OC)c(C=CS(=O)(=O)Cc2ccc(OC)c(N[C@@H](C)C(=O)O)c2)c(OC)c1. The Morgan fingerprint density at radius 3 is 2.09 bits per heavy atom. The molecule has 0 aliphatic rings. The topological polar surface area (TPSA) is 120 Å². The Hall–Kier alpha value is -3.40. The van der Waals surface area contributed by atoms with Crippen molar-refractivity contribution in [3.63, 3.8) is 0 Å². The maximum atomic E-state index is 12.8. The van der Waals surface area contributed by atoms with Crippen LogP contribution >= 0.6 is 0 Å². The number of anilines is 1. The molecular formula is C22H27NO8S. The predicted octanol–water partition coefficient (Wildman–Crippen LogP) is 3.19. The van der Waals surface area contributed by atoms with Gasteiger partial charge in [0.25, 0.3) is 0 Å². The van der Waals surface area contributed by atoms with Gasteiger partial charge >= 0.3 is 5.97 Å². The molecule has 10 heteroatoms. The second-order valence-electron chi connectivity index (χ2n) is 6.79. The van der Waals surface area contributed by atoms with Gasteiger partial charge in [-0.1, -0.05) is 6.07 Å². The molecule has 32 heavy (non-hydrogen) atoms. The molecular weight excluding hydrogens is 438 g/mol. The lowest BCUT2D eigenvalue weighted by Gasteiger charge is -2.15. The van der Waals surface area contributed by atoms with Gasteiger partial charge in [0.05, 0.1) is 45.4 Å². The molecule has 0 fully saturated rings. The molecule has 0 aromatic heterocycles. The average molecular weight is 466 g/mol. The third-order valence-corrected chi connectivity index (χ3v) is 5.86. The van der Waals surface area contributed by atoms with Crippen LogP contribution in [0.3, 0.4) is 0 Å². The smallest absolute Gasteiger partial charge is 0.325 e. The number of ether oxygens (including phenoxy) is 4. The van der Waals surface area contributed by atoms with E-state index in [4.69, 9.17) is 24.1 Å². The minimum absolute atomic E-state index is 0.301. The summed E-state index contributed by atoms with van der Waals surface area (Å²) in [5.74, 6) is 0.354. The van der Waals surface area contributed by atoms with Crippen LogP contribution < -0.4 is 24.3 Å². The van der Waals surface area contributed by atoms with E-state index in [1.165, 1.54) is 41.4 Å². The first-order chi connectivity index (χ1) is 15.1. The first kappa shape index (κ1) is 24.9. The van der Waals surface area contributed by atoms with E-state index in [-0.39, 0.29) is 5.75 Å². The summed E-state index contributed by atoms with van der Waals surface area (Å²) in [5.41, 5.74) is 1.30. The van der Waals surface area contributed by atoms with E-state index < -0.39 is 21.8 Å². The Balaban J connectivity index is 2.33. The van der Waals surface area contributed by atoms with E-state index in [0.29, 0.717) is 39.8 Å². The van der Waals surface area contributed by atoms with Gasteiger partial charge in [0.1, 0.15) is 29.0 Å². The van der Waals surface area contributed by atoms with Crippen LogP contribution in [0.15, 0.2) is 35.7 Å². The van der Waals surface area contributed by atoms with Crippen molar-refractivity contribution in [3.8, 4) is 23.0 Å². The largest absolute Gasteiger partial charge is 0.496 e. The number of methoxy groups -OCH3 is 4. The van der Waals surface area contributed by atoms with Crippen molar-refractivity contribution in [2.45, 2.75) is 18.7 Å². The molecule has 0 aliphatic heterocycles. The van der Waals surface area contributed by atoms with E-state index >= 15 is 0 Å². The summed E-state index contributed by atoms with van der Waals surface area (Å²) in [6.45, 7) is 1.48. The highest BCUT2D eigenvalue weighted by Gasteiger charge is 2.17. The lowest BCUT2D eigenvalue weighted by atomic mass is 10.1. The number of carboxylic acids is 1. The fourth-order valence-electron chi connectivity index (χ4n) is 2.90. The van der Waals surface area contributed by atoms with Crippen molar-refractivity contribution in [2.75, 3.05) is 33.8 Å². The highest BCUT2D eigenvalue weighted by Crippen LogP contribution is 2.35. The predicted molar refractivity (Wildman–Crippen MR) is 121 cm³/mol. The van der Waals surface area contributed by atoms with Crippen molar-refractivity contribution < 1.29 is 37.3 Å². The zero-order valence-corrected chi connectivity index (χ0v) is 19.4. The van der Waals surface area contributed by atoms with Gasteiger partial charge in [-0.05, 0) is 30.7 Å². The molecule has 0 aliphatic carbocycles. The maximum absolute atomic E-state index is 12.8. The minimum Gasteiger partial charge on any atom is -0.496 e. The van der Waals surface area contributed by atoms with E-state index in [1.807, 2.05) is 0 Å². The van der Waals surface area contributed by atoms with Crippen molar-refractivity contribution in [2.24, 2.45) is 0 Å². The van der Waals surface area contributed by atoms with Crippen LogP contribution in [0.25, 0.3) is 6.08 Å². The van der Waals surface area contributed by atoms with Crippen molar-refractivity contribution >= 4 is 27.6 Å². The molecule has 0 radical (unpaired) electrons. The van der Waals surface area contributed by atoms with Gasteiger partial charge in [-0.3, -0.25) is 4.79 Å². The molecule has 2 aromatic rings. The van der Waals surface area contributed by atoms with Gasteiger partial charge in [0.15, 0.2) is 9.84 Å². The third-order valence-electron chi connectivity index (χ3n) is 4.57. The van der Waals surface area contributed by atoms with Gasteiger partial charge < -0.3 is 29.4 Å². The molecule has 0 amide bonds. The summed E-state index contributed by atoms with van der Waals surface area (Å²) in [4.78, 5) is 11.1. The summed E-state index contributed by atoms with van der Waals surface area (Å²) in [5, 5.41) is 13.0. The van der Waals surface area contributed by atoms with E-state index in [1.54, 1.807) is 30.3 Å². The first-order valence-corrected chi connectivity index (χ1v) is 11.2. The third kappa shape index (κ3) is 6.30. The summed E-state index contributed by atoms with van der Waals surface area (Å²) in [6.07, 6.45) is 1.40. The Morgan fingerprint density at radius 2 is 1.59 bits per heavy atom. The van der Waals surface area contributed by atoms with E-state index in [9.17, 15) is 13.2 Å².